The quantitative estimate of drug-likeness (QED) is 0.319. The fraction of sp³-hybridized carbons (Fsp3) is 0.486. The van der Waals surface area contributed by atoms with E-state index in [1.54, 1.807) is 37.2 Å². The first-order chi connectivity index (χ1) is 24.1. The molecule has 7 rings (SSSR count). The van der Waals surface area contributed by atoms with Crippen molar-refractivity contribution in [3.8, 4) is 5.75 Å². The molecule has 13 heteroatoms. The number of carbonyl (C=O) groups excluding carboxylic acids is 2. The molecule has 1 spiro atoms. The Hall–Kier alpha value is -3.87. The van der Waals surface area contributed by atoms with Crippen molar-refractivity contribution in [1.29, 1.82) is 0 Å². The number of hydrogen-bond donors (Lipinski definition) is 2. The average Bonchev–Trinajstić information content (AvgIpc) is 3.43. The van der Waals surface area contributed by atoms with Crippen molar-refractivity contribution >= 4 is 39.1 Å². The Labute approximate surface area is 299 Å². The number of rotatable bonds is 4. The van der Waals surface area contributed by atoms with Crippen LogP contribution < -0.4 is 19.7 Å². The Morgan fingerprint density at radius 2 is 2.06 bits per heavy atom. The Morgan fingerprint density at radius 3 is 2.84 bits per heavy atom. The molecule has 2 bridgehead atoms. The Balaban J connectivity index is 1.24. The zero-order valence-corrected chi connectivity index (χ0v) is 30.2. The molecule has 3 heterocycles. The molecule has 266 valence electrons. The van der Waals surface area contributed by atoms with Gasteiger partial charge in [-0.25, -0.2) is 9.00 Å². The average molecular weight is 721 g/mol. The molecule has 0 radical (unpaired) electrons. The van der Waals surface area contributed by atoms with Gasteiger partial charge in [0.15, 0.2) is 0 Å². The zero-order chi connectivity index (χ0) is 34.9. The highest BCUT2D eigenvalue weighted by molar-refractivity contribution is 7.92. The molecule has 11 nitrogen and oxygen atoms in total. The summed E-state index contributed by atoms with van der Waals surface area (Å²) in [5.41, 5.74) is 4.16. The Kier molecular flexibility index (Phi) is 9.96. The van der Waals surface area contributed by atoms with Crippen LogP contribution in [0.3, 0.4) is 0 Å². The highest BCUT2D eigenvalue weighted by Crippen LogP contribution is 2.47. The lowest BCUT2D eigenvalue weighted by molar-refractivity contribution is 0.0132. The van der Waals surface area contributed by atoms with E-state index in [2.05, 4.69) is 48.7 Å². The molecule has 3 aromatic rings. The maximum absolute atomic E-state index is 14.2. The number of allylic oxidation sites excluding steroid dienone is 1. The maximum atomic E-state index is 14.2. The topological polar surface area (TPSA) is 127 Å². The van der Waals surface area contributed by atoms with Gasteiger partial charge in [-0.05, 0) is 104 Å². The van der Waals surface area contributed by atoms with Gasteiger partial charge in [-0.1, -0.05) is 29.8 Å². The van der Waals surface area contributed by atoms with Gasteiger partial charge >= 0.3 is 6.03 Å². The van der Waals surface area contributed by atoms with E-state index in [0.29, 0.717) is 42.6 Å². The molecule has 3 amide bonds. The second kappa shape index (κ2) is 14.4. The van der Waals surface area contributed by atoms with Gasteiger partial charge in [0.2, 0.25) is 0 Å². The number of anilines is 1. The largest absolute Gasteiger partial charge is 0.490 e. The second-order valence-corrected chi connectivity index (χ2v) is 16.5. The molecule has 1 unspecified atom stereocenters. The lowest BCUT2D eigenvalue weighted by Crippen LogP contribution is -2.49. The second-order valence-electron chi connectivity index (χ2n) is 14.0. The van der Waals surface area contributed by atoms with Gasteiger partial charge in [0, 0.05) is 49.4 Å². The number of ether oxygens (including phenoxy) is 2. The van der Waals surface area contributed by atoms with Gasteiger partial charge in [-0.3, -0.25) is 14.2 Å². The summed E-state index contributed by atoms with van der Waals surface area (Å²) in [5, 5.41) is 7.57. The van der Waals surface area contributed by atoms with Crippen LogP contribution >= 0.6 is 11.6 Å². The van der Waals surface area contributed by atoms with Gasteiger partial charge in [0.1, 0.15) is 15.7 Å². The molecule has 2 N–H and O–H groups in total. The van der Waals surface area contributed by atoms with Crippen LogP contribution in [0.5, 0.6) is 5.75 Å². The molecule has 1 fully saturated rings. The number of carbonyl (C=O) groups is 2. The molecule has 2 aromatic carbocycles. The molecule has 1 aromatic heterocycles. The van der Waals surface area contributed by atoms with Crippen molar-refractivity contribution < 1.29 is 23.3 Å². The third kappa shape index (κ3) is 7.15. The van der Waals surface area contributed by atoms with Crippen LogP contribution in [0.4, 0.5) is 10.5 Å². The van der Waals surface area contributed by atoms with Gasteiger partial charge in [0.25, 0.3) is 5.91 Å². The summed E-state index contributed by atoms with van der Waals surface area (Å²) < 4.78 is 35.2. The number of methoxy groups -OCH3 is 1. The summed E-state index contributed by atoms with van der Waals surface area (Å²) in [6, 6.07) is 12.7. The number of nitrogens with one attached hydrogen (secondary N) is 2. The van der Waals surface area contributed by atoms with E-state index in [4.69, 9.17) is 21.1 Å². The van der Waals surface area contributed by atoms with E-state index in [9.17, 15) is 13.8 Å². The molecule has 0 saturated heterocycles. The van der Waals surface area contributed by atoms with Crippen molar-refractivity contribution in [1.82, 2.24) is 19.8 Å². The van der Waals surface area contributed by atoms with E-state index in [1.165, 1.54) is 11.1 Å². The van der Waals surface area contributed by atoms with E-state index in [0.717, 1.165) is 61.6 Å². The predicted octanol–water partition coefficient (Wildman–Crippen LogP) is 5.96. The third-order valence-electron chi connectivity index (χ3n) is 10.9. The van der Waals surface area contributed by atoms with Gasteiger partial charge < -0.3 is 19.7 Å². The van der Waals surface area contributed by atoms with Crippen LogP contribution in [0.2, 0.25) is 5.02 Å². The lowest BCUT2D eigenvalue weighted by Gasteiger charge is -2.46. The number of aromatic nitrogens is 2. The molecule has 2 aliphatic heterocycles. The molecule has 2 aliphatic carbocycles. The molecule has 1 saturated carbocycles. The normalized spacial score (nSPS) is 28.6. The van der Waals surface area contributed by atoms with Crippen LogP contribution in [0.25, 0.3) is 0 Å². The standard InChI is InChI=1S/C37H45ClN6O5S/c1-43-29(15-17-40-43)21-39-36(46)42-50(47)18-5-3-4-8-33(48-2)30-12-9-27(30)22-44-23-37(16-6-7-25-19-28(38)11-13-31(25)37)24-49-34-14-10-26(20-32(34)44)35(45)41-50/h4,8,10-11,13-15,17,19-20,27,30,33H,3,5-7,9,12,16,18,21-24H2,1-2H3,(H2,39,41,42,45,46,47)/b8-4-/t27-,30+,33-,37-,50?/m0/s1. The van der Waals surface area contributed by atoms with E-state index < -0.39 is 21.9 Å². The lowest BCUT2D eigenvalue weighted by atomic mass is 9.68. The highest BCUT2D eigenvalue weighted by Gasteiger charge is 2.44. The van der Waals surface area contributed by atoms with Gasteiger partial charge in [-0.15, -0.1) is 4.36 Å². The monoisotopic (exact) mass is 720 g/mol. The number of aryl methyl sites for hydroxylation is 2. The maximum Gasteiger partial charge on any atom is 0.327 e. The van der Waals surface area contributed by atoms with Gasteiger partial charge in [-0.2, -0.15) is 5.10 Å². The van der Waals surface area contributed by atoms with E-state index in [-0.39, 0.29) is 23.8 Å². The summed E-state index contributed by atoms with van der Waals surface area (Å²) in [5.74, 6) is 0.806. The minimum atomic E-state index is -3.47. The van der Waals surface area contributed by atoms with Crippen molar-refractivity contribution in [3.63, 3.8) is 0 Å². The summed E-state index contributed by atoms with van der Waals surface area (Å²) in [4.78, 5) is 29.2. The number of amides is 3. The summed E-state index contributed by atoms with van der Waals surface area (Å²) in [7, 11) is 0.0567. The van der Waals surface area contributed by atoms with Crippen LogP contribution in [0, 0.1) is 11.8 Å². The fourth-order valence-electron chi connectivity index (χ4n) is 8.04. The van der Waals surface area contributed by atoms with E-state index in [1.807, 2.05) is 18.2 Å². The summed E-state index contributed by atoms with van der Waals surface area (Å²) in [6.45, 7) is 2.18. The van der Waals surface area contributed by atoms with E-state index >= 15 is 0 Å². The minimum Gasteiger partial charge on any atom is -0.490 e. The molecular weight excluding hydrogens is 676 g/mol. The Morgan fingerprint density at radius 1 is 1.18 bits per heavy atom. The smallest absolute Gasteiger partial charge is 0.327 e. The van der Waals surface area contributed by atoms with Crippen LogP contribution in [-0.4, -0.2) is 64.6 Å². The number of fused-ring (bicyclic) bond motifs is 4. The summed E-state index contributed by atoms with van der Waals surface area (Å²) in [6.07, 6.45) is 12.0. The first kappa shape index (κ1) is 34.6. The third-order valence-corrected chi connectivity index (χ3v) is 12.9. The molecule has 4 aliphatic rings. The number of hydrogen-bond acceptors (Lipinski definition) is 7. The molecule has 50 heavy (non-hydrogen) atoms. The first-order valence-electron chi connectivity index (χ1n) is 17.5. The van der Waals surface area contributed by atoms with Crippen molar-refractivity contribution in [3.05, 3.63) is 88.2 Å². The SMILES string of the molecule is CO[C@H]1/C=C\CCCS(=O)(NC(=O)NCc2ccnn2C)=NC(=O)c2ccc3c(c2)N(C[C@@H]2CC[C@H]21)C[C@@]1(CCCc2cc(Cl)ccc21)CO3. The zero-order valence-electron chi connectivity index (χ0n) is 28.6. The van der Waals surface area contributed by atoms with Crippen LogP contribution in [0.15, 0.2) is 65.2 Å². The Bertz CT molecular complexity index is 1920. The minimum absolute atomic E-state index is 0.0119. The summed E-state index contributed by atoms with van der Waals surface area (Å²) >= 11 is 6.45. The van der Waals surface area contributed by atoms with Crippen molar-refractivity contribution in [2.45, 2.75) is 63.0 Å². The number of benzene rings is 2. The van der Waals surface area contributed by atoms with Crippen molar-refractivity contribution in [2.75, 3.05) is 37.5 Å². The fourth-order valence-corrected chi connectivity index (χ4v) is 9.77. The number of nitrogens with zero attached hydrogens (tertiary/aromatic N) is 4. The molecule has 5 atom stereocenters. The predicted molar refractivity (Wildman–Crippen MR) is 194 cm³/mol. The van der Waals surface area contributed by atoms with Crippen LogP contribution in [-0.2, 0) is 40.1 Å². The molecular formula is C37H45ClN6O5S. The highest BCUT2D eigenvalue weighted by atomic mass is 35.5. The van der Waals surface area contributed by atoms with Crippen molar-refractivity contribution in [2.24, 2.45) is 23.2 Å². The number of halogens is 1. The number of urea groups is 1. The van der Waals surface area contributed by atoms with Crippen LogP contribution in [0.1, 0.15) is 65.7 Å². The van der Waals surface area contributed by atoms with Gasteiger partial charge in [0.05, 0.1) is 36.4 Å². The first-order valence-corrected chi connectivity index (χ1v) is 19.5.